The van der Waals surface area contributed by atoms with Crippen molar-refractivity contribution in [2.75, 3.05) is 31.1 Å². The van der Waals surface area contributed by atoms with Crippen LogP contribution in [0.1, 0.15) is 27.2 Å². The van der Waals surface area contributed by atoms with Crippen LogP contribution in [-0.2, 0) is 6.61 Å². The lowest BCUT2D eigenvalue weighted by Crippen LogP contribution is -2.49. The Labute approximate surface area is 177 Å². The molecule has 0 saturated carbocycles. The zero-order chi connectivity index (χ0) is 20.9. The lowest BCUT2D eigenvalue weighted by Gasteiger charge is -2.36. The van der Waals surface area contributed by atoms with Crippen LogP contribution in [0.15, 0.2) is 60.9 Å². The van der Waals surface area contributed by atoms with Gasteiger partial charge in [-0.05, 0) is 43.7 Å². The van der Waals surface area contributed by atoms with Gasteiger partial charge >= 0.3 is 0 Å². The van der Waals surface area contributed by atoms with Gasteiger partial charge in [0.05, 0.1) is 0 Å². The lowest BCUT2D eigenvalue weighted by atomic mass is 10.1. The van der Waals surface area contributed by atoms with Crippen molar-refractivity contribution in [3.05, 3.63) is 83.3 Å². The number of hydrogen-bond donors (Lipinski definition) is 0. The molecule has 1 aromatic heterocycles. The van der Waals surface area contributed by atoms with E-state index in [9.17, 15) is 4.79 Å². The first-order valence-corrected chi connectivity index (χ1v) is 10.2. The molecule has 154 valence electrons. The average Bonchev–Trinajstić information content (AvgIpc) is 2.80. The van der Waals surface area contributed by atoms with Crippen molar-refractivity contribution >= 4 is 11.7 Å². The molecule has 0 unspecified atom stereocenters. The number of aromatic nitrogens is 2. The zero-order valence-electron chi connectivity index (χ0n) is 17.4. The number of piperazine rings is 1. The Bertz CT molecular complexity index is 997. The summed E-state index contributed by atoms with van der Waals surface area (Å²) < 4.78 is 5.77. The minimum absolute atomic E-state index is 0.0702. The van der Waals surface area contributed by atoms with E-state index in [1.807, 2.05) is 73.3 Å². The van der Waals surface area contributed by atoms with E-state index >= 15 is 0 Å². The second-order valence-corrected chi connectivity index (χ2v) is 7.49. The molecule has 0 atom stereocenters. The van der Waals surface area contributed by atoms with Gasteiger partial charge in [-0.15, -0.1) is 0 Å². The Morgan fingerprint density at radius 3 is 2.33 bits per heavy atom. The number of benzene rings is 2. The SMILES string of the molecule is Cc1ncnc(N2CCN(C(=O)c3ccc(COc4ccccc4)cc3)CC2)c1C. The molecule has 0 aliphatic carbocycles. The number of nitrogens with zero attached hydrogens (tertiary/aromatic N) is 4. The Hall–Kier alpha value is -3.41. The van der Waals surface area contributed by atoms with Crippen LogP contribution in [0.2, 0.25) is 0 Å². The highest BCUT2D eigenvalue weighted by Crippen LogP contribution is 2.20. The van der Waals surface area contributed by atoms with E-state index in [-0.39, 0.29) is 5.91 Å². The van der Waals surface area contributed by atoms with Gasteiger partial charge in [-0.3, -0.25) is 4.79 Å². The van der Waals surface area contributed by atoms with Crippen LogP contribution in [0.3, 0.4) is 0 Å². The number of carbonyl (C=O) groups is 1. The molecule has 1 aliphatic rings. The van der Waals surface area contributed by atoms with Crippen molar-refractivity contribution in [1.29, 1.82) is 0 Å². The van der Waals surface area contributed by atoms with Crippen molar-refractivity contribution in [3.63, 3.8) is 0 Å². The maximum Gasteiger partial charge on any atom is 0.253 e. The molecular weight excluding hydrogens is 376 g/mol. The molecule has 1 fully saturated rings. The number of rotatable bonds is 5. The molecule has 2 heterocycles. The van der Waals surface area contributed by atoms with E-state index in [2.05, 4.69) is 14.9 Å². The maximum atomic E-state index is 12.9. The minimum atomic E-state index is 0.0702. The van der Waals surface area contributed by atoms with Crippen molar-refractivity contribution in [1.82, 2.24) is 14.9 Å². The molecule has 6 heteroatoms. The average molecular weight is 402 g/mol. The normalized spacial score (nSPS) is 13.9. The summed E-state index contributed by atoms with van der Waals surface area (Å²) in [5.41, 5.74) is 3.84. The third-order valence-electron chi connectivity index (χ3n) is 5.53. The molecule has 1 aliphatic heterocycles. The maximum absolute atomic E-state index is 12.9. The number of aryl methyl sites for hydroxylation is 1. The molecule has 0 radical (unpaired) electrons. The Balaban J connectivity index is 1.33. The predicted molar refractivity (Wildman–Crippen MR) is 117 cm³/mol. The predicted octanol–water partition coefficient (Wildman–Crippen LogP) is 3.63. The number of para-hydroxylation sites is 1. The van der Waals surface area contributed by atoms with Crippen LogP contribution in [0.25, 0.3) is 0 Å². The van der Waals surface area contributed by atoms with Crippen LogP contribution in [0.5, 0.6) is 5.75 Å². The van der Waals surface area contributed by atoms with Crippen molar-refractivity contribution in [2.24, 2.45) is 0 Å². The van der Waals surface area contributed by atoms with Gasteiger partial charge in [-0.25, -0.2) is 9.97 Å². The third kappa shape index (κ3) is 4.43. The van der Waals surface area contributed by atoms with Gasteiger partial charge in [0.25, 0.3) is 5.91 Å². The smallest absolute Gasteiger partial charge is 0.253 e. The number of ether oxygens (including phenoxy) is 1. The van der Waals surface area contributed by atoms with E-state index in [1.54, 1.807) is 6.33 Å². The highest BCUT2D eigenvalue weighted by Gasteiger charge is 2.24. The van der Waals surface area contributed by atoms with Gasteiger partial charge in [0.15, 0.2) is 0 Å². The topological polar surface area (TPSA) is 58.6 Å². The van der Waals surface area contributed by atoms with Crippen LogP contribution < -0.4 is 9.64 Å². The summed E-state index contributed by atoms with van der Waals surface area (Å²) in [4.78, 5) is 25.7. The van der Waals surface area contributed by atoms with Crippen molar-refractivity contribution in [3.8, 4) is 5.75 Å². The highest BCUT2D eigenvalue weighted by atomic mass is 16.5. The highest BCUT2D eigenvalue weighted by molar-refractivity contribution is 5.94. The molecule has 3 aromatic rings. The van der Waals surface area contributed by atoms with Gasteiger partial charge < -0.3 is 14.5 Å². The lowest BCUT2D eigenvalue weighted by molar-refractivity contribution is 0.0746. The first-order chi connectivity index (χ1) is 14.6. The molecule has 1 amide bonds. The quantitative estimate of drug-likeness (QED) is 0.652. The van der Waals surface area contributed by atoms with Crippen LogP contribution in [-0.4, -0.2) is 47.0 Å². The van der Waals surface area contributed by atoms with Crippen molar-refractivity contribution < 1.29 is 9.53 Å². The Morgan fingerprint density at radius 1 is 0.933 bits per heavy atom. The van der Waals surface area contributed by atoms with Gasteiger partial charge in [-0.1, -0.05) is 30.3 Å². The first kappa shape index (κ1) is 19.9. The first-order valence-electron chi connectivity index (χ1n) is 10.2. The Morgan fingerprint density at radius 2 is 1.63 bits per heavy atom. The largest absolute Gasteiger partial charge is 0.489 e. The molecule has 0 N–H and O–H groups in total. The van der Waals surface area contributed by atoms with E-state index in [1.165, 1.54) is 0 Å². The molecule has 6 nitrogen and oxygen atoms in total. The molecular formula is C24H26N4O2. The summed E-state index contributed by atoms with van der Waals surface area (Å²) in [5.74, 6) is 1.88. The number of carbonyl (C=O) groups excluding carboxylic acids is 1. The van der Waals surface area contributed by atoms with Gasteiger partial charge in [-0.2, -0.15) is 0 Å². The molecule has 2 aromatic carbocycles. The number of amides is 1. The fourth-order valence-corrected chi connectivity index (χ4v) is 3.58. The van der Waals surface area contributed by atoms with Gasteiger partial charge in [0.2, 0.25) is 0 Å². The third-order valence-corrected chi connectivity index (χ3v) is 5.53. The standard InChI is InChI=1S/C24H26N4O2/c1-18-19(2)25-17-26-23(18)27-12-14-28(15-13-27)24(29)21-10-8-20(9-11-21)16-30-22-6-4-3-5-7-22/h3-11,17H,12-16H2,1-2H3. The van der Waals surface area contributed by atoms with E-state index in [0.717, 1.165) is 41.5 Å². The van der Waals surface area contributed by atoms with Crippen LogP contribution in [0, 0.1) is 13.8 Å². The fourth-order valence-electron chi connectivity index (χ4n) is 3.58. The fraction of sp³-hybridized carbons (Fsp3) is 0.292. The van der Waals surface area contributed by atoms with E-state index in [4.69, 9.17) is 4.74 Å². The van der Waals surface area contributed by atoms with E-state index < -0.39 is 0 Å². The summed E-state index contributed by atoms with van der Waals surface area (Å²) >= 11 is 0. The minimum Gasteiger partial charge on any atom is -0.489 e. The second kappa shape index (κ2) is 8.95. The number of anilines is 1. The summed E-state index contributed by atoms with van der Waals surface area (Å²) in [6, 6.07) is 17.4. The molecule has 1 saturated heterocycles. The van der Waals surface area contributed by atoms with Crippen molar-refractivity contribution in [2.45, 2.75) is 20.5 Å². The van der Waals surface area contributed by atoms with Gasteiger partial charge in [0, 0.05) is 43.0 Å². The summed E-state index contributed by atoms with van der Waals surface area (Å²) in [6.45, 7) is 7.42. The van der Waals surface area contributed by atoms with Gasteiger partial charge in [0.1, 0.15) is 24.5 Å². The second-order valence-electron chi connectivity index (χ2n) is 7.49. The van der Waals surface area contributed by atoms with Crippen LogP contribution in [0.4, 0.5) is 5.82 Å². The molecule has 4 rings (SSSR count). The summed E-state index contributed by atoms with van der Waals surface area (Å²) in [6.07, 6.45) is 1.61. The molecule has 0 spiro atoms. The van der Waals surface area contributed by atoms with Crippen LogP contribution >= 0.6 is 0 Å². The number of hydrogen-bond acceptors (Lipinski definition) is 5. The summed E-state index contributed by atoms with van der Waals surface area (Å²) in [7, 11) is 0. The van der Waals surface area contributed by atoms with E-state index in [0.29, 0.717) is 25.3 Å². The zero-order valence-corrected chi connectivity index (χ0v) is 17.4. The monoisotopic (exact) mass is 402 g/mol. The molecule has 30 heavy (non-hydrogen) atoms. The molecule has 0 bridgehead atoms. The Kier molecular flexibility index (Phi) is 5.93. The summed E-state index contributed by atoms with van der Waals surface area (Å²) in [5, 5.41) is 0.